The Labute approximate surface area is 114 Å². The monoisotopic (exact) mass is 338 g/mol. The maximum atomic E-state index is 13.6. The summed E-state index contributed by atoms with van der Waals surface area (Å²) in [6.07, 6.45) is -1.21. The van der Waals surface area contributed by atoms with Gasteiger partial charge in [-0.05, 0) is 39.5 Å². The van der Waals surface area contributed by atoms with Crippen LogP contribution in [0.2, 0.25) is 5.02 Å². The predicted octanol–water partition coefficient (Wildman–Crippen LogP) is 4.52. The van der Waals surface area contributed by atoms with Gasteiger partial charge in [0.15, 0.2) is 0 Å². The number of thiophene rings is 1. The van der Waals surface area contributed by atoms with Gasteiger partial charge in [0.25, 0.3) is 0 Å². The molecule has 2 aromatic rings. The average molecular weight is 340 g/mol. The van der Waals surface area contributed by atoms with Crippen molar-refractivity contribution in [2.24, 2.45) is 0 Å². The minimum Gasteiger partial charge on any atom is -0.383 e. The first kappa shape index (κ1) is 13.0. The number of rotatable bonds is 2. The summed E-state index contributed by atoms with van der Waals surface area (Å²) < 4.78 is 27.5. The van der Waals surface area contributed by atoms with E-state index in [2.05, 4.69) is 15.9 Å². The van der Waals surface area contributed by atoms with Gasteiger partial charge in [-0.2, -0.15) is 0 Å². The largest absolute Gasteiger partial charge is 0.383 e. The van der Waals surface area contributed by atoms with Gasteiger partial charge in [0, 0.05) is 10.0 Å². The van der Waals surface area contributed by atoms with Gasteiger partial charge >= 0.3 is 0 Å². The Kier molecular flexibility index (Phi) is 3.82. The summed E-state index contributed by atoms with van der Waals surface area (Å²) in [6.45, 7) is 0. The lowest BCUT2D eigenvalue weighted by atomic mass is 10.1. The van der Waals surface area contributed by atoms with E-state index in [9.17, 15) is 13.9 Å². The third-order valence-electron chi connectivity index (χ3n) is 2.23. The Balaban J connectivity index is 2.48. The second-order valence-electron chi connectivity index (χ2n) is 3.32. The summed E-state index contributed by atoms with van der Waals surface area (Å²) >= 11 is 9.93. The highest BCUT2D eigenvalue weighted by Crippen LogP contribution is 2.35. The number of aliphatic hydroxyl groups is 1. The van der Waals surface area contributed by atoms with Crippen LogP contribution in [0.3, 0.4) is 0 Å². The van der Waals surface area contributed by atoms with Gasteiger partial charge in [-0.15, -0.1) is 11.3 Å². The van der Waals surface area contributed by atoms with E-state index in [0.717, 1.165) is 12.1 Å². The maximum Gasteiger partial charge on any atom is 0.142 e. The van der Waals surface area contributed by atoms with Crippen LogP contribution in [-0.4, -0.2) is 5.11 Å². The van der Waals surface area contributed by atoms with Crippen molar-refractivity contribution in [1.82, 2.24) is 0 Å². The second kappa shape index (κ2) is 5.02. The highest BCUT2D eigenvalue weighted by atomic mass is 79.9. The Hall–Kier alpha value is -0.490. The van der Waals surface area contributed by atoms with Crippen LogP contribution in [0.15, 0.2) is 28.1 Å². The summed E-state index contributed by atoms with van der Waals surface area (Å²) in [5, 5.41) is 11.4. The molecule has 2 rings (SSSR count). The molecule has 0 spiro atoms. The van der Waals surface area contributed by atoms with Crippen LogP contribution < -0.4 is 0 Å². The van der Waals surface area contributed by atoms with Crippen LogP contribution in [-0.2, 0) is 0 Å². The fraction of sp³-hybridized carbons (Fsp3) is 0.0909. The van der Waals surface area contributed by atoms with Crippen molar-refractivity contribution < 1.29 is 13.9 Å². The fourth-order valence-corrected chi connectivity index (χ4v) is 3.13. The zero-order chi connectivity index (χ0) is 12.6. The average Bonchev–Trinajstić information content (AvgIpc) is 2.69. The van der Waals surface area contributed by atoms with Crippen LogP contribution in [0.25, 0.3) is 0 Å². The molecule has 90 valence electrons. The third kappa shape index (κ3) is 2.52. The molecule has 0 aliphatic carbocycles. The van der Waals surface area contributed by atoms with Crippen LogP contribution in [0.4, 0.5) is 8.78 Å². The molecule has 17 heavy (non-hydrogen) atoms. The van der Waals surface area contributed by atoms with Crippen molar-refractivity contribution in [3.63, 3.8) is 0 Å². The fourth-order valence-electron chi connectivity index (χ4n) is 1.39. The zero-order valence-electron chi connectivity index (χ0n) is 8.25. The van der Waals surface area contributed by atoms with Gasteiger partial charge in [0.1, 0.15) is 17.7 Å². The number of hydrogen-bond donors (Lipinski definition) is 1. The van der Waals surface area contributed by atoms with E-state index in [0.29, 0.717) is 9.35 Å². The number of aliphatic hydroxyl groups excluding tert-OH is 1. The van der Waals surface area contributed by atoms with Crippen LogP contribution >= 0.6 is 38.9 Å². The first-order valence-corrected chi connectivity index (χ1v) is 6.61. The molecule has 0 saturated heterocycles. The second-order valence-corrected chi connectivity index (χ2v) is 5.53. The van der Waals surface area contributed by atoms with Crippen LogP contribution in [0.5, 0.6) is 0 Å². The van der Waals surface area contributed by atoms with Crippen molar-refractivity contribution in [2.75, 3.05) is 0 Å². The molecule has 1 aromatic heterocycles. The topological polar surface area (TPSA) is 20.2 Å². The lowest BCUT2D eigenvalue weighted by Gasteiger charge is -2.11. The molecule has 1 heterocycles. The molecule has 0 radical (unpaired) electrons. The van der Waals surface area contributed by atoms with Gasteiger partial charge in [0.2, 0.25) is 0 Å². The molecule has 0 aliphatic heterocycles. The van der Waals surface area contributed by atoms with Gasteiger partial charge in [-0.25, -0.2) is 8.78 Å². The van der Waals surface area contributed by atoms with Gasteiger partial charge in [0.05, 0.1) is 9.90 Å². The van der Waals surface area contributed by atoms with E-state index in [-0.39, 0.29) is 10.6 Å². The molecule has 1 aromatic carbocycles. The summed E-state index contributed by atoms with van der Waals surface area (Å²) in [5.41, 5.74) is -0.130. The van der Waals surface area contributed by atoms with Crippen molar-refractivity contribution in [2.45, 2.75) is 6.10 Å². The Morgan fingerprint density at radius 2 is 2.00 bits per heavy atom. The van der Waals surface area contributed by atoms with Gasteiger partial charge in [-0.1, -0.05) is 11.6 Å². The standard InChI is InChI=1S/C11H6BrClF2OS/c12-6-1-2-17-11(6)10(16)5-3-9(15)7(13)4-8(5)14/h1-4,10,16H. The molecule has 1 unspecified atom stereocenters. The van der Waals surface area contributed by atoms with Crippen molar-refractivity contribution in [3.05, 3.63) is 55.1 Å². The highest BCUT2D eigenvalue weighted by Gasteiger charge is 2.20. The van der Waals surface area contributed by atoms with E-state index < -0.39 is 17.7 Å². The predicted molar refractivity (Wildman–Crippen MR) is 67.4 cm³/mol. The molecule has 1 N–H and O–H groups in total. The molecular weight excluding hydrogens is 334 g/mol. The van der Waals surface area contributed by atoms with E-state index in [1.807, 2.05) is 0 Å². The normalized spacial score (nSPS) is 12.8. The summed E-state index contributed by atoms with van der Waals surface area (Å²) in [7, 11) is 0. The van der Waals surface area contributed by atoms with Crippen molar-refractivity contribution in [1.29, 1.82) is 0 Å². The summed E-state index contributed by atoms with van der Waals surface area (Å²) in [6, 6.07) is 3.50. The Bertz CT molecular complexity index is 558. The van der Waals surface area contributed by atoms with Crippen LogP contribution in [0, 0.1) is 11.6 Å². The Morgan fingerprint density at radius 1 is 1.29 bits per heavy atom. The minimum absolute atomic E-state index is 0.130. The van der Waals surface area contributed by atoms with E-state index in [1.165, 1.54) is 11.3 Å². The number of halogens is 4. The molecule has 1 nitrogen and oxygen atoms in total. The molecule has 0 bridgehead atoms. The quantitative estimate of drug-likeness (QED) is 0.797. The van der Waals surface area contributed by atoms with Crippen molar-refractivity contribution >= 4 is 38.9 Å². The molecule has 0 saturated carbocycles. The third-order valence-corrected chi connectivity index (χ3v) is 4.44. The number of hydrogen-bond acceptors (Lipinski definition) is 2. The van der Waals surface area contributed by atoms with Crippen molar-refractivity contribution in [3.8, 4) is 0 Å². The molecule has 6 heteroatoms. The summed E-state index contributed by atoms with van der Waals surface area (Å²) in [4.78, 5) is 0.519. The smallest absolute Gasteiger partial charge is 0.142 e. The minimum atomic E-state index is -1.21. The molecule has 0 amide bonds. The van der Waals surface area contributed by atoms with Gasteiger partial charge in [-0.3, -0.25) is 0 Å². The number of benzene rings is 1. The van der Waals surface area contributed by atoms with E-state index in [4.69, 9.17) is 11.6 Å². The van der Waals surface area contributed by atoms with E-state index in [1.54, 1.807) is 11.4 Å². The zero-order valence-corrected chi connectivity index (χ0v) is 11.4. The first-order chi connectivity index (χ1) is 8.00. The molecule has 1 atom stereocenters. The summed E-state index contributed by atoms with van der Waals surface area (Å²) in [5.74, 6) is -1.49. The van der Waals surface area contributed by atoms with Gasteiger partial charge < -0.3 is 5.11 Å². The molecule has 0 fully saturated rings. The highest BCUT2D eigenvalue weighted by molar-refractivity contribution is 9.10. The van der Waals surface area contributed by atoms with E-state index >= 15 is 0 Å². The lowest BCUT2D eigenvalue weighted by molar-refractivity contribution is 0.217. The SMILES string of the molecule is OC(c1cc(F)c(Cl)cc1F)c1sccc1Br. The maximum absolute atomic E-state index is 13.6. The molecule has 0 aliphatic rings. The Morgan fingerprint density at radius 3 is 2.59 bits per heavy atom. The van der Waals surface area contributed by atoms with Crippen LogP contribution in [0.1, 0.15) is 16.5 Å². The lowest BCUT2D eigenvalue weighted by Crippen LogP contribution is -2.02. The molecular formula is C11H6BrClF2OS. The first-order valence-electron chi connectivity index (χ1n) is 4.56.